The minimum absolute atomic E-state index is 0.0594. The Morgan fingerprint density at radius 3 is 2.37 bits per heavy atom. The van der Waals surface area contributed by atoms with E-state index >= 15 is 0 Å². The number of nitrogens with zero attached hydrogens (tertiary/aromatic N) is 1. The summed E-state index contributed by atoms with van der Waals surface area (Å²) in [4.78, 5) is 2.83. The van der Waals surface area contributed by atoms with Crippen LogP contribution in [0.2, 0.25) is 0 Å². The van der Waals surface area contributed by atoms with Crippen LogP contribution in [-0.4, -0.2) is 25.7 Å². The van der Waals surface area contributed by atoms with Crippen molar-refractivity contribution in [2.75, 3.05) is 25.6 Å². The molecule has 0 saturated heterocycles. The maximum Gasteiger partial charge on any atom is 0.119 e. The van der Waals surface area contributed by atoms with Gasteiger partial charge < -0.3 is 15.4 Å². The fourth-order valence-electron chi connectivity index (χ4n) is 1.85. The first-order valence-electron chi connectivity index (χ1n) is 6.52. The number of hydrogen-bond acceptors (Lipinski definition) is 3. The van der Waals surface area contributed by atoms with Gasteiger partial charge in [0.05, 0.1) is 12.1 Å². The fraction of sp³-hybridized carbons (Fsp3) is 0.533. The van der Waals surface area contributed by atoms with E-state index in [9.17, 15) is 0 Å². The molecule has 0 saturated carbocycles. The lowest BCUT2D eigenvalue weighted by atomic mass is 9.88. The van der Waals surface area contributed by atoms with E-state index in [2.05, 4.69) is 37.9 Å². The van der Waals surface area contributed by atoms with E-state index in [0.29, 0.717) is 4.99 Å². The van der Waals surface area contributed by atoms with Gasteiger partial charge in [-0.25, -0.2) is 0 Å². The normalized spacial score (nSPS) is 11.2. The molecule has 0 fully saturated rings. The molecule has 0 unspecified atom stereocenters. The van der Waals surface area contributed by atoms with Gasteiger partial charge in [0.2, 0.25) is 0 Å². The topological polar surface area (TPSA) is 38.5 Å². The van der Waals surface area contributed by atoms with Crippen molar-refractivity contribution in [1.29, 1.82) is 0 Å². The lowest BCUT2D eigenvalue weighted by molar-refractivity contribution is 0.415. The molecule has 0 aromatic heterocycles. The number of benzene rings is 1. The molecule has 0 heterocycles. The predicted molar refractivity (Wildman–Crippen MR) is 86.1 cm³/mol. The smallest absolute Gasteiger partial charge is 0.119 e. The van der Waals surface area contributed by atoms with Gasteiger partial charge in [-0.05, 0) is 37.1 Å². The number of rotatable bonds is 7. The molecule has 0 bridgehead atoms. The Morgan fingerprint density at radius 1 is 1.32 bits per heavy atom. The molecule has 0 radical (unpaired) electrons. The van der Waals surface area contributed by atoms with Gasteiger partial charge in [-0.3, -0.25) is 0 Å². The number of thiocarbonyl (C=S) groups is 1. The second-order valence-corrected chi connectivity index (χ2v) is 5.91. The minimum Gasteiger partial charge on any atom is -0.497 e. The molecule has 2 N–H and O–H groups in total. The number of methoxy groups -OCH3 is 1. The van der Waals surface area contributed by atoms with E-state index in [-0.39, 0.29) is 5.41 Å². The Bertz CT molecular complexity index is 415. The van der Waals surface area contributed by atoms with Gasteiger partial charge >= 0.3 is 0 Å². The number of hydrogen-bond donors (Lipinski definition) is 1. The van der Waals surface area contributed by atoms with Crippen LogP contribution in [0.15, 0.2) is 24.3 Å². The summed E-state index contributed by atoms with van der Waals surface area (Å²) in [5, 5.41) is 0. The van der Waals surface area contributed by atoms with Crippen LogP contribution in [0.25, 0.3) is 0 Å². The van der Waals surface area contributed by atoms with Crippen LogP contribution >= 0.6 is 12.2 Å². The zero-order valence-corrected chi connectivity index (χ0v) is 13.1. The third kappa shape index (κ3) is 4.71. The van der Waals surface area contributed by atoms with Gasteiger partial charge in [0.15, 0.2) is 0 Å². The summed E-state index contributed by atoms with van der Waals surface area (Å²) in [5.74, 6) is 0.881. The van der Waals surface area contributed by atoms with Crippen LogP contribution in [0.1, 0.15) is 26.7 Å². The quantitative estimate of drug-likeness (QED) is 0.778. The summed E-state index contributed by atoms with van der Waals surface area (Å²) >= 11 is 5.08. The monoisotopic (exact) mass is 280 g/mol. The summed E-state index contributed by atoms with van der Waals surface area (Å²) in [6.07, 6.45) is 2.07. The number of nitrogens with two attached hydrogens (primary N) is 1. The highest BCUT2D eigenvalue weighted by atomic mass is 32.1. The van der Waals surface area contributed by atoms with E-state index in [4.69, 9.17) is 22.7 Å². The van der Waals surface area contributed by atoms with Crippen LogP contribution in [0, 0.1) is 5.41 Å². The zero-order chi connectivity index (χ0) is 14.5. The number of ether oxygens (including phenoxy) is 1. The standard InChI is InChI=1S/C15H24N2OS/c1-15(2,14(16)19)10-5-11-17(3)12-6-8-13(18-4)9-7-12/h6-9H,5,10-11H2,1-4H3,(H2,16,19). The Kier molecular flexibility index (Phi) is 5.60. The van der Waals surface area contributed by atoms with E-state index in [1.807, 2.05) is 12.1 Å². The van der Waals surface area contributed by atoms with Crippen LogP contribution in [0.5, 0.6) is 5.75 Å². The highest BCUT2D eigenvalue weighted by Crippen LogP contribution is 2.24. The first-order valence-corrected chi connectivity index (χ1v) is 6.93. The summed E-state index contributed by atoms with van der Waals surface area (Å²) in [6.45, 7) is 5.18. The first kappa shape index (κ1) is 15.8. The van der Waals surface area contributed by atoms with Crippen molar-refractivity contribution in [3.05, 3.63) is 24.3 Å². The van der Waals surface area contributed by atoms with Gasteiger partial charge in [0.1, 0.15) is 5.75 Å². The molecule has 1 rings (SSSR count). The van der Waals surface area contributed by atoms with E-state index < -0.39 is 0 Å². The molecular formula is C15H24N2OS. The number of anilines is 1. The lowest BCUT2D eigenvalue weighted by Crippen LogP contribution is -2.31. The molecule has 0 aliphatic heterocycles. The molecular weight excluding hydrogens is 256 g/mol. The van der Waals surface area contributed by atoms with Crippen molar-refractivity contribution >= 4 is 22.9 Å². The summed E-state index contributed by atoms with van der Waals surface area (Å²) in [7, 11) is 3.77. The lowest BCUT2D eigenvalue weighted by Gasteiger charge is -2.25. The maximum atomic E-state index is 5.73. The van der Waals surface area contributed by atoms with E-state index in [1.165, 1.54) is 5.69 Å². The molecule has 106 valence electrons. The van der Waals surface area contributed by atoms with Crippen molar-refractivity contribution in [2.24, 2.45) is 11.1 Å². The Morgan fingerprint density at radius 2 is 1.89 bits per heavy atom. The molecule has 4 heteroatoms. The molecule has 0 amide bonds. The van der Waals surface area contributed by atoms with E-state index in [0.717, 1.165) is 25.1 Å². The Balaban J connectivity index is 2.46. The largest absolute Gasteiger partial charge is 0.497 e. The van der Waals surface area contributed by atoms with E-state index in [1.54, 1.807) is 7.11 Å². The Hall–Kier alpha value is -1.29. The third-order valence-electron chi connectivity index (χ3n) is 3.48. The van der Waals surface area contributed by atoms with Gasteiger partial charge in [-0.1, -0.05) is 26.1 Å². The molecule has 0 aliphatic carbocycles. The average Bonchev–Trinajstić information content (AvgIpc) is 2.38. The second kappa shape index (κ2) is 6.75. The third-order valence-corrected chi connectivity index (χ3v) is 4.03. The van der Waals surface area contributed by atoms with Crippen molar-refractivity contribution < 1.29 is 4.74 Å². The SMILES string of the molecule is COc1ccc(N(C)CCCC(C)(C)C(N)=S)cc1. The molecule has 1 aromatic carbocycles. The van der Waals surface area contributed by atoms with Crippen LogP contribution in [0.4, 0.5) is 5.69 Å². The predicted octanol–water partition coefficient (Wildman–Crippen LogP) is 3.22. The van der Waals surface area contributed by atoms with Crippen LogP contribution in [0.3, 0.4) is 0 Å². The molecule has 1 aromatic rings. The van der Waals surface area contributed by atoms with Gasteiger partial charge in [-0.15, -0.1) is 0 Å². The first-order chi connectivity index (χ1) is 8.86. The van der Waals surface area contributed by atoms with Crippen molar-refractivity contribution in [1.82, 2.24) is 0 Å². The van der Waals surface area contributed by atoms with Gasteiger partial charge in [0.25, 0.3) is 0 Å². The zero-order valence-electron chi connectivity index (χ0n) is 12.3. The van der Waals surface area contributed by atoms with Gasteiger partial charge in [0, 0.05) is 24.7 Å². The maximum absolute atomic E-state index is 5.73. The summed E-state index contributed by atoms with van der Waals surface area (Å²) in [6, 6.07) is 8.09. The molecule has 0 atom stereocenters. The van der Waals surface area contributed by atoms with Crippen molar-refractivity contribution in [3.63, 3.8) is 0 Å². The van der Waals surface area contributed by atoms with Crippen molar-refractivity contribution in [2.45, 2.75) is 26.7 Å². The molecule has 0 aliphatic rings. The highest BCUT2D eigenvalue weighted by molar-refractivity contribution is 7.80. The van der Waals surface area contributed by atoms with Crippen LogP contribution < -0.4 is 15.4 Å². The average molecular weight is 280 g/mol. The Labute approximate surface area is 121 Å². The molecule has 0 spiro atoms. The summed E-state index contributed by atoms with van der Waals surface area (Å²) in [5.41, 5.74) is 6.86. The minimum atomic E-state index is -0.0594. The van der Waals surface area contributed by atoms with Crippen molar-refractivity contribution in [3.8, 4) is 5.75 Å². The second-order valence-electron chi connectivity index (χ2n) is 5.47. The summed E-state index contributed by atoms with van der Waals surface area (Å²) < 4.78 is 5.15. The van der Waals surface area contributed by atoms with Crippen LogP contribution in [-0.2, 0) is 0 Å². The van der Waals surface area contributed by atoms with Gasteiger partial charge in [-0.2, -0.15) is 0 Å². The fourth-order valence-corrected chi connectivity index (χ4v) is 1.95. The molecule has 19 heavy (non-hydrogen) atoms. The highest BCUT2D eigenvalue weighted by Gasteiger charge is 2.20. The molecule has 3 nitrogen and oxygen atoms in total.